The highest BCUT2D eigenvalue weighted by molar-refractivity contribution is 7.89. The highest BCUT2D eigenvalue weighted by Gasteiger charge is 2.20. The highest BCUT2D eigenvalue weighted by atomic mass is 32.2. The van der Waals surface area contributed by atoms with E-state index < -0.39 is 33.3 Å². The van der Waals surface area contributed by atoms with Crippen molar-refractivity contribution in [3.63, 3.8) is 0 Å². The van der Waals surface area contributed by atoms with Gasteiger partial charge in [0.25, 0.3) is 5.91 Å². The number of amides is 1. The average molecular weight is 472 g/mol. The second-order valence-corrected chi connectivity index (χ2v) is 10.0. The number of aromatic nitrogens is 2. The molecule has 30 heavy (non-hydrogen) atoms. The zero-order valence-electron chi connectivity index (χ0n) is 15.7. The second kappa shape index (κ2) is 8.66. The van der Waals surface area contributed by atoms with Crippen LogP contribution in [-0.2, 0) is 27.7 Å². The van der Waals surface area contributed by atoms with E-state index in [1.54, 1.807) is 12.3 Å². The van der Waals surface area contributed by atoms with Crippen LogP contribution in [0.25, 0.3) is 10.6 Å². The fraction of sp³-hybridized carbons (Fsp3) is 0.222. The summed E-state index contributed by atoms with van der Waals surface area (Å²) in [6, 6.07) is 3.42. The molecular weight excluding hydrogens is 456 g/mol. The van der Waals surface area contributed by atoms with Crippen LogP contribution in [-0.4, -0.2) is 36.3 Å². The normalized spacial score (nSPS) is 11.5. The standard InChI is InChI=1S/C18H15F2N3O4S3/c1-9-16(29-18(21-9)17(25)23-30(2,26)27)14-8-28-15(22-14)7-10(24)6-11-12(19)4-3-5-13(11)20/h3-5,8H,6-7H2,1-2H3,(H,23,25). The number of carbonyl (C=O) groups excluding carboxylic acids is 2. The van der Waals surface area contributed by atoms with Crippen LogP contribution in [0.2, 0.25) is 0 Å². The number of aryl methyl sites for hydroxylation is 1. The molecule has 2 heterocycles. The zero-order valence-corrected chi connectivity index (χ0v) is 18.2. The lowest BCUT2D eigenvalue weighted by atomic mass is 10.1. The molecule has 0 aliphatic heterocycles. The highest BCUT2D eigenvalue weighted by Crippen LogP contribution is 2.31. The Morgan fingerprint density at radius 1 is 1.13 bits per heavy atom. The Morgan fingerprint density at radius 2 is 1.80 bits per heavy atom. The molecule has 7 nitrogen and oxygen atoms in total. The molecule has 0 bridgehead atoms. The molecular formula is C18H15F2N3O4S3. The third kappa shape index (κ3) is 5.32. The summed E-state index contributed by atoms with van der Waals surface area (Å²) in [5.74, 6) is -2.78. The van der Waals surface area contributed by atoms with Crippen molar-refractivity contribution in [3.8, 4) is 10.6 Å². The monoisotopic (exact) mass is 471 g/mol. The fourth-order valence-electron chi connectivity index (χ4n) is 2.57. The van der Waals surface area contributed by atoms with Gasteiger partial charge in [-0.2, -0.15) is 0 Å². The number of carbonyl (C=O) groups is 2. The van der Waals surface area contributed by atoms with Gasteiger partial charge in [0.15, 0.2) is 5.01 Å². The largest absolute Gasteiger partial charge is 0.299 e. The lowest BCUT2D eigenvalue weighted by Crippen LogP contribution is -2.29. The van der Waals surface area contributed by atoms with Crippen molar-refractivity contribution in [2.24, 2.45) is 0 Å². The number of Topliss-reactive ketones (excluding diaryl/α,β-unsaturated/α-hetero) is 1. The van der Waals surface area contributed by atoms with Crippen LogP contribution in [0.3, 0.4) is 0 Å². The smallest absolute Gasteiger partial charge is 0.293 e. The predicted octanol–water partition coefficient (Wildman–Crippen LogP) is 2.90. The van der Waals surface area contributed by atoms with Gasteiger partial charge in [0, 0.05) is 17.4 Å². The summed E-state index contributed by atoms with van der Waals surface area (Å²) in [6.07, 6.45) is 0.379. The zero-order chi connectivity index (χ0) is 22.1. The number of nitrogens with one attached hydrogen (secondary N) is 1. The SMILES string of the molecule is Cc1nc(C(=O)NS(C)(=O)=O)sc1-c1csc(CC(=O)Cc2c(F)cccc2F)n1. The maximum Gasteiger partial charge on any atom is 0.293 e. The first-order valence-corrected chi connectivity index (χ1v) is 12.0. The fourth-order valence-corrected chi connectivity index (χ4v) is 4.88. The van der Waals surface area contributed by atoms with E-state index in [4.69, 9.17) is 0 Å². The Hall–Kier alpha value is -2.57. The van der Waals surface area contributed by atoms with Crippen molar-refractivity contribution in [2.75, 3.05) is 6.26 Å². The minimum absolute atomic E-state index is 0.0337. The summed E-state index contributed by atoms with van der Waals surface area (Å²) in [5, 5.41) is 2.08. The topological polar surface area (TPSA) is 106 Å². The molecule has 0 radical (unpaired) electrons. The molecule has 2 aromatic heterocycles. The molecule has 1 amide bonds. The third-order valence-electron chi connectivity index (χ3n) is 3.84. The van der Waals surface area contributed by atoms with E-state index in [1.165, 1.54) is 17.4 Å². The maximum absolute atomic E-state index is 13.7. The van der Waals surface area contributed by atoms with Crippen LogP contribution < -0.4 is 4.72 Å². The van der Waals surface area contributed by atoms with Gasteiger partial charge >= 0.3 is 0 Å². The van der Waals surface area contributed by atoms with E-state index >= 15 is 0 Å². The van der Waals surface area contributed by atoms with E-state index in [-0.39, 0.29) is 23.4 Å². The number of hydrogen-bond donors (Lipinski definition) is 1. The summed E-state index contributed by atoms with van der Waals surface area (Å²) in [5.41, 5.74) is 0.683. The van der Waals surface area contributed by atoms with E-state index in [0.717, 1.165) is 29.7 Å². The Balaban J connectivity index is 1.74. The number of nitrogens with zero attached hydrogens (tertiary/aromatic N) is 2. The van der Waals surface area contributed by atoms with Gasteiger partial charge < -0.3 is 0 Å². The van der Waals surface area contributed by atoms with Crippen LogP contribution in [0.15, 0.2) is 23.6 Å². The van der Waals surface area contributed by atoms with Crippen LogP contribution in [0.5, 0.6) is 0 Å². The number of thiazole rings is 2. The molecule has 0 saturated carbocycles. The predicted molar refractivity (Wildman–Crippen MR) is 109 cm³/mol. The number of benzene rings is 1. The number of sulfonamides is 1. The van der Waals surface area contributed by atoms with E-state index in [0.29, 0.717) is 21.3 Å². The molecule has 158 valence electrons. The summed E-state index contributed by atoms with van der Waals surface area (Å²) in [4.78, 5) is 33.2. The molecule has 3 rings (SSSR count). The molecule has 0 spiro atoms. The molecule has 12 heteroatoms. The molecule has 1 aromatic carbocycles. The van der Waals surface area contributed by atoms with Crippen LogP contribution in [0, 0.1) is 18.6 Å². The van der Waals surface area contributed by atoms with Crippen molar-refractivity contribution in [1.29, 1.82) is 0 Å². The molecule has 0 fully saturated rings. The van der Waals surface area contributed by atoms with E-state index in [1.807, 2.05) is 4.72 Å². The Kier molecular flexibility index (Phi) is 6.38. The van der Waals surface area contributed by atoms with Crippen molar-refractivity contribution in [1.82, 2.24) is 14.7 Å². The van der Waals surface area contributed by atoms with Gasteiger partial charge in [-0.3, -0.25) is 9.59 Å². The number of hydrogen-bond acceptors (Lipinski definition) is 8. The molecule has 1 N–H and O–H groups in total. The first-order chi connectivity index (χ1) is 14.0. The van der Waals surface area contributed by atoms with Crippen molar-refractivity contribution in [3.05, 3.63) is 56.5 Å². The van der Waals surface area contributed by atoms with Crippen molar-refractivity contribution >= 4 is 44.4 Å². The van der Waals surface area contributed by atoms with Gasteiger partial charge in [0.05, 0.1) is 28.9 Å². The van der Waals surface area contributed by atoms with Crippen LogP contribution >= 0.6 is 22.7 Å². The Bertz CT molecular complexity index is 1220. The number of ketones is 1. The summed E-state index contributed by atoms with van der Waals surface area (Å²) in [7, 11) is -3.72. The third-order valence-corrected chi connectivity index (χ3v) is 6.42. The lowest BCUT2D eigenvalue weighted by Gasteiger charge is -2.03. The van der Waals surface area contributed by atoms with Gasteiger partial charge in [-0.25, -0.2) is 31.9 Å². The molecule has 0 atom stereocenters. The van der Waals surface area contributed by atoms with Gasteiger partial charge in [0.2, 0.25) is 10.0 Å². The maximum atomic E-state index is 13.7. The molecule has 3 aromatic rings. The van der Waals surface area contributed by atoms with Crippen LogP contribution in [0.4, 0.5) is 8.78 Å². The molecule has 0 unspecified atom stereocenters. The van der Waals surface area contributed by atoms with Crippen LogP contribution in [0.1, 0.15) is 26.1 Å². The Labute approximate surface area is 178 Å². The Morgan fingerprint density at radius 3 is 2.43 bits per heavy atom. The molecule has 0 saturated heterocycles. The molecule has 0 aliphatic rings. The van der Waals surface area contributed by atoms with E-state index in [9.17, 15) is 26.8 Å². The minimum Gasteiger partial charge on any atom is -0.299 e. The van der Waals surface area contributed by atoms with Crippen molar-refractivity contribution < 1.29 is 26.8 Å². The summed E-state index contributed by atoms with van der Waals surface area (Å²) in [6.45, 7) is 1.65. The van der Waals surface area contributed by atoms with Gasteiger partial charge in [0.1, 0.15) is 22.4 Å². The summed E-state index contributed by atoms with van der Waals surface area (Å²) >= 11 is 2.16. The minimum atomic E-state index is -3.72. The van der Waals surface area contributed by atoms with E-state index in [2.05, 4.69) is 9.97 Å². The van der Waals surface area contributed by atoms with Gasteiger partial charge in [-0.05, 0) is 19.1 Å². The lowest BCUT2D eigenvalue weighted by molar-refractivity contribution is -0.117. The van der Waals surface area contributed by atoms with Gasteiger partial charge in [-0.1, -0.05) is 6.07 Å². The number of halogens is 2. The first kappa shape index (κ1) is 22.1. The molecule has 0 aliphatic carbocycles. The first-order valence-electron chi connectivity index (χ1n) is 8.42. The summed E-state index contributed by atoms with van der Waals surface area (Å²) < 4.78 is 51.7. The number of rotatable bonds is 7. The van der Waals surface area contributed by atoms with Gasteiger partial charge in [-0.15, -0.1) is 22.7 Å². The second-order valence-electron chi connectivity index (χ2n) is 6.36. The average Bonchev–Trinajstić information content (AvgIpc) is 3.23. The quantitative estimate of drug-likeness (QED) is 0.568. The van der Waals surface area contributed by atoms with Crippen molar-refractivity contribution in [2.45, 2.75) is 19.8 Å².